The van der Waals surface area contributed by atoms with Crippen molar-refractivity contribution < 1.29 is 22.7 Å². The van der Waals surface area contributed by atoms with Gasteiger partial charge in [-0.15, -0.1) is 0 Å². The highest BCUT2D eigenvalue weighted by molar-refractivity contribution is 5.95. The van der Waals surface area contributed by atoms with E-state index in [2.05, 4.69) is 0 Å². The molecule has 1 aliphatic heterocycles. The number of hydrogen-bond donors (Lipinski definition) is 0. The van der Waals surface area contributed by atoms with Crippen molar-refractivity contribution >= 4 is 5.91 Å². The number of benzene rings is 3. The van der Waals surface area contributed by atoms with Crippen LogP contribution in [0.25, 0.3) is 0 Å². The van der Waals surface area contributed by atoms with Gasteiger partial charge in [0.2, 0.25) is 0 Å². The molecule has 3 aromatic carbocycles. The molecule has 6 heteroatoms. The number of nitrogens with zero attached hydrogens (tertiary/aromatic N) is 1. The maximum Gasteiger partial charge on any atom is 0.257 e. The van der Waals surface area contributed by atoms with E-state index in [1.54, 1.807) is 13.2 Å². The zero-order valence-corrected chi connectivity index (χ0v) is 15.7. The molecule has 1 atom stereocenters. The quantitative estimate of drug-likeness (QED) is 0.589. The Morgan fingerprint density at radius 1 is 1.00 bits per heavy atom. The lowest BCUT2D eigenvalue weighted by atomic mass is 9.87. The van der Waals surface area contributed by atoms with Crippen LogP contribution < -0.4 is 4.74 Å². The van der Waals surface area contributed by atoms with Gasteiger partial charge >= 0.3 is 0 Å². The smallest absolute Gasteiger partial charge is 0.257 e. The molecule has 0 saturated carbocycles. The summed E-state index contributed by atoms with van der Waals surface area (Å²) in [6.45, 7) is 0.303. The molecule has 4 rings (SSSR count). The third-order valence-electron chi connectivity index (χ3n) is 5.22. The highest BCUT2D eigenvalue weighted by atomic mass is 19.2. The topological polar surface area (TPSA) is 29.5 Å². The van der Waals surface area contributed by atoms with Crippen LogP contribution in [0.5, 0.6) is 5.75 Å². The maximum absolute atomic E-state index is 14.3. The number of ether oxygens (including phenoxy) is 1. The summed E-state index contributed by atoms with van der Waals surface area (Å²) in [6.07, 6.45) is 0.535. The van der Waals surface area contributed by atoms with Crippen LogP contribution in [0.2, 0.25) is 0 Å². The van der Waals surface area contributed by atoms with Crippen LogP contribution in [0.1, 0.15) is 33.1 Å². The summed E-state index contributed by atoms with van der Waals surface area (Å²) in [7, 11) is 1.58. The van der Waals surface area contributed by atoms with Crippen molar-refractivity contribution in [3.63, 3.8) is 0 Å². The molecule has 3 nitrogen and oxygen atoms in total. The second-order valence-corrected chi connectivity index (χ2v) is 6.85. The lowest BCUT2D eigenvalue weighted by molar-refractivity contribution is 0.0688. The maximum atomic E-state index is 14.3. The molecule has 0 aromatic heterocycles. The van der Waals surface area contributed by atoms with Gasteiger partial charge in [-0.3, -0.25) is 4.79 Å². The van der Waals surface area contributed by atoms with E-state index in [1.165, 1.54) is 4.90 Å². The van der Waals surface area contributed by atoms with E-state index in [1.807, 2.05) is 42.5 Å². The number of methoxy groups -OCH3 is 1. The minimum Gasteiger partial charge on any atom is -0.497 e. The Labute approximate surface area is 166 Å². The number of amides is 1. The van der Waals surface area contributed by atoms with Gasteiger partial charge in [0, 0.05) is 6.54 Å². The first-order valence-electron chi connectivity index (χ1n) is 9.17. The van der Waals surface area contributed by atoms with Crippen LogP contribution in [0.4, 0.5) is 13.2 Å². The number of carbonyl (C=O) groups is 1. The van der Waals surface area contributed by atoms with Crippen LogP contribution >= 0.6 is 0 Å². The molecule has 0 N–H and O–H groups in total. The normalized spacial score (nSPS) is 15.7. The van der Waals surface area contributed by atoms with Crippen LogP contribution in [-0.4, -0.2) is 24.5 Å². The Morgan fingerprint density at radius 3 is 2.48 bits per heavy atom. The van der Waals surface area contributed by atoms with Crippen LogP contribution in [0, 0.1) is 17.5 Å². The van der Waals surface area contributed by atoms with Gasteiger partial charge < -0.3 is 9.64 Å². The molecule has 0 bridgehead atoms. The van der Waals surface area contributed by atoms with E-state index < -0.39 is 35.0 Å². The Morgan fingerprint density at radius 2 is 1.76 bits per heavy atom. The minimum absolute atomic E-state index is 0.303. The molecule has 1 amide bonds. The van der Waals surface area contributed by atoms with Crippen molar-refractivity contribution in [3.8, 4) is 5.75 Å². The first kappa shape index (κ1) is 19.1. The molecule has 0 spiro atoms. The Kier molecular flexibility index (Phi) is 5.01. The molecule has 0 saturated heterocycles. The van der Waals surface area contributed by atoms with Gasteiger partial charge in [-0.2, -0.15) is 0 Å². The average Bonchev–Trinajstić information content (AvgIpc) is 2.76. The number of halogens is 3. The predicted molar refractivity (Wildman–Crippen MR) is 102 cm³/mol. The van der Waals surface area contributed by atoms with Crippen LogP contribution in [0.3, 0.4) is 0 Å². The number of carbonyl (C=O) groups excluding carboxylic acids is 1. The van der Waals surface area contributed by atoms with Crippen molar-refractivity contribution in [2.75, 3.05) is 13.7 Å². The van der Waals surface area contributed by atoms with Crippen molar-refractivity contribution in [2.24, 2.45) is 0 Å². The lowest BCUT2D eigenvalue weighted by Crippen LogP contribution is -2.41. The Balaban J connectivity index is 1.82. The molecule has 0 radical (unpaired) electrons. The third kappa shape index (κ3) is 3.35. The zero-order chi connectivity index (χ0) is 20.5. The first-order valence-corrected chi connectivity index (χ1v) is 9.17. The molecule has 3 aromatic rings. The van der Waals surface area contributed by atoms with Crippen molar-refractivity contribution in [1.29, 1.82) is 0 Å². The molecule has 29 heavy (non-hydrogen) atoms. The van der Waals surface area contributed by atoms with Gasteiger partial charge in [0.1, 0.15) is 5.75 Å². The molecular formula is C23H18F3NO2. The molecule has 148 valence electrons. The van der Waals surface area contributed by atoms with Crippen molar-refractivity contribution in [2.45, 2.75) is 12.5 Å². The van der Waals surface area contributed by atoms with E-state index in [0.717, 1.165) is 28.8 Å². The van der Waals surface area contributed by atoms with Crippen LogP contribution in [-0.2, 0) is 6.42 Å². The lowest BCUT2D eigenvalue weighted by Gasteiger charge is -2.38. The van der Waals surface area contributed by atoms with Crippen molar-refractivity contribution in [3.05, 3.63) is 100 Å². The SMILES string of the molecule is COc1ccc2c(c1)CCN(C(=O)c1ccc(F)c(F)c1F)C2c1ccccc1. The van der Waals surface area contributed by atoms with E-state index in [4.69, 9.17) is 4.74 Å². The molecule has 0 aliphatic carbocycles. The fourth-order valence-electron chi connectivity index (χ4n) is 3.79. The summed E-state index contributed by atoms with van der Waals surface area (Å²) in [6, 6.07) is 16.2. The minimum atomic E-state index is -1.64. The van der Waals surface area contributed by atoms with E-state index >= 15 is 0 Å². The van der Waals surface area contributed by atoms with Gasteiger partial charge in [0.25, 0.3) is 5.91 Å². The van der Waals surface area contributed by atoms with Crippen molar-refractivity contribution in [1.82, 2.24) is 4.90 Å². The Bertz CT molecular complexity index is 1070. The average molecular weight is 397 g/mol. The second-order valence-electron chi connectivity index (χ2n) is 6.85. The summed E-state index contributed by atoms with van der Waals surface area (Å²) in [5, 5.41) is 0. The summed E-state index contributed by atoms with van der Waals surface area (Å²) >= 11 is 0. The van der Waals surface area contributed by atoms with Gasteiger partial charge in [-0.25, -0.2) is 13.2 Å². The zero-order valence-electron chi connectivity index (χ0n) is 15.7. The molecule has 1 heterocycles. The monoisotopic (exact) mass is 397 g/mol. The third-order valence-corrected chi connectivity index (χ3v) is 5.22. The standard InChI is InChI=1S/C23H18F3NO2/c1-29-16-7-8-17-15(13-16)11-12-27(22(17)14-5-3-2-4-6-14)23(28)18-9-10-19(24)21(26)20(18)25/h2-10,13,22H,11-12H2,1H3. The highest BCUT2D eigenvalue weighted by Gasteiger charge is 2.34. The van der Waals surface area contributed by atoms with Gasteiger partial charge in [0.15, 0.2) is 17.5 Å². The summed E-state index contributed by atoms with van der Waals surface area (Å²) in [5.41, 5.74) is 2.27. The summed E-state index contributed by atoms with van der Waals surface area (Å²) in [5.74, 6) is -4.41. The summed E-state index contributed by atoms with van der Waals surface area (Å²) in [4.78, 5) is 14.7. The molecular weight excluding hydrogens is 379 g/mol. The van der Waals surface area contributed by atoms with E-state index in [0.29, 0.717) is 18.7 Å². The molecule has 1 aliphatic rings. The van der Waals surface area contributed by atoms with Gasteiger partial charge in [0.05, 0.1) is 18.7 Å². The number of hydrogen-bond acceptors (Lipinski definition) is 2. The number of rotatable bonds is 3. The highest BCUT2D eigenvalue weighted by Crippen LogP contribution is 2.37. The molecule has 1 unspecified atom stereocenters. The predicted octanol–water partition coefficient (Wildman–Crippen LogP) is 4.90. The first-order chi connectivity index (χ1) is 14.0. The summed E-state index contributed by atoms with van der Waals surface area (Å²) < 4.78 is 46.7. The largest absolute Gasteiger partial charge is 0.497 e. The second kappa shape index (κ2) is 7.62. The molecule has 0 fully saturated rings. The fraction of sp³-hybridized carbons (Fsp3) is 0.174. The van der Waals surface area contributed by atoms with Gasteiger partial charge in [-0.05, 0) is 47.4 Å². The van der Waals surface area contributed by atoms with Gasteiger partial charge in [-0.1, -0.05) is 36.4 Å². The number of fused-ring (bicyclic) bond motifs is 1. The van der Waals surface area contributed by atoms with Crippen LogP contribution in [0.15, 0.2) is 60.7 Å². The van der Waals surface area contributed by atoms with E-state index in [9.17, 15) is 18.0 Å². The Hall–Kier alpha value is -3.28. The fourth-order valence-corrected chi connectivity index (χ4v) is 3.79. The van der Waals surface area contributed by atoms with E-state index in [-0.39, 0.29) is 0 Å².